The molecule has 0 aliphatic heterocycles. The molecule has 0 saturated carbocycles. The van der Waals surface area contributed by atoms with E-state index < -0.39 is 0 Å². The van der Waals surface area contributed by atoms with E-state index in [2.05, 4.69) is 10.2 Å². The molecule has 1 aromatic heterocycles. The summed E-state index contributed by atoms with van der Waals surface area (Å²) in [6.45, 7) is 2.43. The number of likely N-dealkylation sites (N-methyl/N-ethyl adjacent to an activating group) is 1. The monoisotopic (exact) mass is 322 g/mol. The Morgan fingerprint density at radius 2 is 1.83 bits per heavy atom. The fourth-order valence-electron chi connectivity index (χ4n) is 2.82. The van der Waals surface area contributed by atoms with E-state index in [1.54, 1.807) is 0 Å². The van der Waals surface area contributed by atoms with Crippen molar-refractivity contribution in [2.75, 3.05) is 20.6 Å². The van der Waals surface area contributed by atoms with Gasteiger partial charge in [-0.2, -0.15) is 0 Å². The van der Waals surface area contributed by atoms with Gasteiger partial charge in [-0.25, -0.2) is 0 Å². The summed E-state index contributed by atoms with van der Waals surface area (Å²) in [5, 5.41) is 4.10. The van der Waals surface area contributed by atoms with Crippen LogP contribution in [0, 0.1) is 6.92 Å². The van der Waals surface area contributed by atoms with E-state index in [4.69, 9.17) is 4.42 Å². The molecular weight excluding hydrogens is 300 g/mol. The van der Waals surface area contributed by atoms with Crippen LogP contribution in [0.25, 0.3) is 11.0 Å². The van der Waals surface area contributed by atoms with Gasteiger partial charge in [0.15, 0.2) is 0 Å². The molecule has 4 heteroatoms. The van der Waals surface area contributed by atoms with E-state index in [-0.39, 0.29) is 11.9 Å². The molecule has 2 aromatic carbocycles. The van der Waals surface area contributed by atoms with Gasteiger partial charge in [-0.05, 0) is 44.8 Å². The number of nitrogens with one attached hydrogen (secondary N) is 1. The topological polar surface area (TPSA) is 45.5 Å². The van der Waals surface area contributed by atoms with E-state index in [1.165, 1.54) is 0 Å². The minimum atomic E-state index is -0.0592. The molecule has 0 fully saturated rings. The molecule has 1 atom stereocenters. The van der Waals surface area contributed by atoms with E-state index in [9.17, 15) is 4.79 Å². The molecule has 0 saturated heterocycles. The van der Waals surface area contributed by atoms with Crippen molar-refractivity contribution in [1.82, 2.24) is 10.2 Å². The molecule has 1 amide bonds. The highest BCUT2D eigenvalue weighted by Gasteiger charge is 2.20. The third-order valence-electron chi connectivity index (χ3n) is 4.24. The first-order valence-corrected chi connectivity index (χ1v) is 8.05. The van der Waals surface area contributed by atoms with Crippen LogP contribution in [0.5, 0.6) is 0 Å². The highest BCUT2D eigenvalue weighted by Crippen LogP contribution is 2.26. The fraction of sp³-hybridized carbons (Fsp3) is 0.250. The van der Waals surface area contributed by atoms with Gasteiger partial charge in [0.2, 0.25) is 0 Å². The van der Waals surface area contributed by atoms with Gasteiger partial charge in [0.1, 0.15) is 11.3 Å². The number of fused-ring (bicyclic) bond motifs is 1. The molecule has 0 bridgehead atoms. The van der Waals surface area contributed by atoms with Crippen LogP contribution < -0.4 is 5.32 Å². The molecule has 3 rings (SSSR count). The average molecular weight is 322 g/mol. The molecule has 0 radical (unpaired) electrons. The first-order chi connectivity index (χ1) is 11.6. The molecule has 0 spiro atoms. The second kappa shape index (κ2) is 6.89. The first-order valence-electron chi connectivity index (χ1n) is 8.05. The van der Waals surface area contributed by atoms with Crippen LogP contribution in [0.3, 0.4) is 0 Å². The molecule has 0 aliphatic carbocycles. The Morgan fingerprint density at radius 3 is 2.54 bits per heavy atom. The fourth-order valence-corrected chi connectivity index (χ4v) is 2.82. The molecule has 0 aliphatic rings. The number of carbonyl (C=O) groups excluding carboxylic acids is 1. The highest BCUT2D eigenvalue weighted by molar-refractivity contribution is 5.95. The summed E-state index contributed by atoms with van der Waals surface area (Å²) < 4.78 is 5.96. The highest BCUT2D eigenvalue weighted by atomic mass is 16.3. The maximum absolute atomic E-state index is 12.4. The average Bonchev–Trinajstić information content (AvgIpc) is 2.98. The Bertz CT molecular complexity index is 818. The van der Waals surface area contributed by atoms with Gasteiger partial charge in [0.25, 0.3) is 5.91 Å². The van der Waals surface area contributed by atoms with Crippen molar-refractivity contribution in [3.8, 4) is 0 Å². The number of benzene rings is 2. The van der Waals surface area contributed by atoms with Crippen LogP contribution in [-0.2, 0) is 0 Å². The van der Waals surface area contributed by atoms with Crippen LogP contribution in [-0.4, -0.2) is 31.4 Å². The molecule has 1 heterocycles. The summed E-state index contributed by atoms with van der Waals surface area (Å²) in [6.07, 6.45) is 0. The second-order valence-electron chi connectivity index (χ2n) is 6.19. The van der Waals surface area contributed by atoms with Crippen molar-refractivity contribution in [3.63, 3.8) is 0 Å². The molecule has 3 aromatic rings. The first kappa shape index (κ1) is 16.3. The number of carbonyl (C=O) groups is 1. The lowest BCUT2D eigenvalue weighted by Crippen LogP contribution is -2.34. The van der Waals surface area contributed by atoms with Crippen molar-refractivity contribution in [3.05, 3.63) is 71.5 Å². The number of furan rings is 1. The standard InChI is InChI=1S/C20H22N2O2/c1-14-8-4-6-10-16(14)20(23)21-13-17(22(2)3)19-12-15-9-5-7-11-18(15)24-19/h4-12,17H,13H2,1-3H3,(H,21,23)/t17-/m1/s1. The van der Waals surface area contributed by atoms with Crippen LogP contribution in [0.2, 0.25) is 0 Å². The van der Waals surface area contributed by atoms with Crippen LogP contribution in [0.15, 0.2) is 59.0 Å². The van der Waals surface area contributed by atoms with Crippen LogP contribution >= 0.6 is 0 Å². The van der Waals surface area contributed by atoms with Gasteiger partial charge in [-0.1, -0.05) is 36.4 Å². The van der Waals surface area contributed by atoms with Crippen LogP contribution in [0.4, 0.5) is 0 Å². The van der Waals surface area contributed by atoms with Crippen molar-refractivity contribution in [2.45, 2.75) is 13.0 Å². The Morgan fingerprint density at radius 1 is 1.12 bits per heavy atom. The summed E-state index contributed by atoms with van der Waals surface area (Å²) in [5.41, 5.74) is 2.55. The molecule has 4 nitrogen and oxygen atoms in total. The zero-order chi connectivity index (χ0) is 17.1. The molecule has 124 valence electrons. The third kappa shape index (κ3) is 3.34. The Balaban J connectivity index is 1.77. The van der Waals surface area contributed by atoms with E-state index >= 15 is 0 Å². The number of amides is 1. The molecule has 1 N–H and O–H groups in total. The maximum atomic E-state index is 12.4. The molecule has 24 heavy (non-hydrogen) atoms. The quantitative estimate of drug-likeness (QED) is 0.777. The second-order valence-corrected chi connectivity index (χ2v) is 6.19. The third-order valence-corrected chi connectivity index (χ3v) is 4.24. The van der Waals surface area contributed by atoms with Gasteiger partial charge in [-0.15, -0.1) is 0 Å². The molecular formula is C20H22N2O2. The largest absolute Gasteiger partial charge is 0.459 e. The van der Waals surface area contributed by atoms with Gasteiger partial charge in [0.05, 0.1) is 6.04 Å². The number of hydrogen-bond acceptors (Lipinski definition) is 3. The van der Waals surface area contributed by atoms with Gasteiger partial charge in [0, 0.05) is 17.5 Å². The zero-order valence-corrected chi connectivity index (χ0v) is 14.2. The summed E-state index contributed by atoms with van der Waals surface area (Å²) in [7, 11) is 3.97. The van der Waals surface area contributed by atoms with E-state index in [0.717, 1.165) is 22.3 Å². The number of para-hydroxylation sites is 1. The summed E-state index contributed by atoms with van der Waals surface area (Å²) in [4.78, 5) is 14.5. The van der Waals surface area contributed by atoms with Crippen molar-refractivity contribution in [2.24, 2.45) is 0 Å². The Kier molecular flexibility index (Phi) is 4.67. The zero-order valence-electron chi connectivity index (χ0n) is 14.2. The number of rotatable bonds is 5. The summed E-state index contributed by atoms with van der Waals surface area (Å²) >= 11 is 0. The van der Waals surface area contributed by atoms with Crippen molar-refractivity contribution >= 4 is 16.9 Å². The number of nitrogens with zero attached hydrogens (tertiary/aromatic N) is 1. The lowest BCUT2D eigenvalue weighted by Gasteiger charge is -2.22. The predicted octanol–water partition coefficient (Wildman–Crippen LogP) is 3.77. The summed E-state index contributed by atoms with van der Waals surface area (Å²) in [6, 6.07) is 17.6. The summed E-state index contributed by atoms with van der Waals surface area (Å²) in [5.74, 6) is 0.794. The van der Waals surface area contributed by atoms with Gasteiger partial charge in [-0.3, -0.25) is 9.69 Å². The predicted molar refractivity (Wildman–Crippen MR) is 96.2 cm³/mol. The van der Waals surface area contributed by atoms with Gasteiger partial charge >= 0.3 is 0 Å². The Labute approximate surface area is 142 Å². The van der Waals surface area contributed by atoms with Crippen LogP contribution in [0.1, 0.15) is 27.7 Å². The van der Waals surface area contributed by atoms with E-state index in [1.807, 2.05) is 75.6 Å². The van der Waals surface area contributed by atoms with Gasteiger partial charge < -0.3 is 9.73 Å². The lowest BCUT2D eigenvalue weighted by molar-refractivity contribution is 0.0938. The Hall–Kier alpha value is -2.59. The SMILES string of the molecule is Cc1ccccc1C(=O)NC[C@H](c1cc2ccccc2o1)N(C)C. The minimum absolute atomic E-state index is 0.0228. The number of aryl methyl sites for hydroxylation is 1. The van der Waals surface area contributed by atoms with Crippen molar-refractivity contribution in [1.29, 1.82) is 0 Å². The molecule has 0 unspecified atom stereocenters. The minimum Gasteiger partial charge on any atom is -0.459 e. The van der Waals surface area contributed by atoms with E-state index in [0.29, 0.717) is 12.1 Å². The number of hydrogen-bond donors (Lipinski definition) is 1. The lowest BCUT2D eigenvalue weighted by atomic mass is 10.1. The normalized spacial score (nSPS) is 12.5. The van der Waals surface area contributed by atoms with Crippen molar-refractivity contribution < 1.29 is 9.21 Å². The maximum Gasteiger partial charge on any atom is 0.251 e. The smallest absolute Gasteiger partial charge is 0.251 e.